The topological polar surface area (TPSA) is 41.0 Å². The van der Waals surface area contributed by atoms with Gasteiger partial charge in [0.05, 0.1) is 5.69 Å². The standard InChI is InChI=1S/C15H18N4/c1-19-8-6-13-9-12(4-5-15(13)19)10-16-11-14-3-2-7-17-18-14/h2-5,7,9,16H,6,8,10-11H2,1H3. The van der Waals surface area contributed by atoms with Gasteiger partial charge in [-0.1, -0.05) is 12.1 Å². The van der Waals surface area contributed by atoms with E-state index in [-0.39, 0.29) is 0 Å². The highest BCUT2D eigenvalue weighted by molar-refractivity contribution is 5.58. The van der Waals surface area contributed by atoms with Crippen molar-refractivity contribution in [3.05, 3.63) is 53.3 Å². The maximum atomic E-state index is 4.06. The van der Waals surface area contributed by atoms with Gasteiger partial charge in [-0.3, -0.25) is 0 Å². The molecule has 0 atom stereocenters. The summed E-state index contributed by atoms with van der Waals surface area (Å²) in [5.74, 6) is 0. The second-order valence-corrected chi connectivity index (χ2v) is 4.95. The fourth-order valence-electron chi connectivity index (χ4n) is 2.49. The van der Waals surface area contributed by atoms with Crippen molar-refractivity contribution in [1.82, 2.24) is 15.5 Å². The van der Waals surface area contributed by atoms with Crippen LogP contribution in [-0.4, -0.2) is 23.8 Å². The molecule has 1 aliphatic rings. The van der Waals surface area contributed by atoms with Gasteiger partial charge in [0, 0.05) is 38.6 Å². The molecule has 2 heterocycles. The van der Waals surface area contributed by atoms with E-state index in [1.54, 1.807) is 6.20 Å². The molecule has 98 valence electrons. The van der Waals surface area contributed by atoms with Gasteiger partial charge in [0.1, 0.15) is 0 Å². The van der Waals surface area contributed by atoms with Crippen LogP contribution in [-0.2, 0) is 19.5 Å². The van der Waals surface area contributed by atoms with Crippen LogP contribution in [0, 0.1) is 0 Å². The Kier molecular flexibility index (Phi) is 3.42. The lowest BCUT2D eigenvalue weighted by Crippen LogP contribution is -2.14. The molecule has 1 aromatic carbocycles. The molecule has 0 saturated carbocycles. The van der Waals surface area contributed by atoms with E-state index in [0.717, 1.165) is 31.7 Å². The Hall–Kier alpha value is -1.94. The van der Waals surface area contributed by atoms with Crippen LogP contribution in [0.3, 0.4) is 0 Å². The molecular weight excluding hydrogens is 236 g/mol. The first kappa shape index (κ1) is 12.1. The molecule has 0 aliphatic carbocycles. The fourth-order valence-corrected chi connectivity index (χ4v) is 2.49. The third-order valence-electron chi connectivity index (χ3n) is 3.53. The number of nitrogens with zero attached hydrogens (tertiary/aromatic N) is 3. The number of nitrogens with one attached hydrogen (secondary N) is 1. The Morgan fingerprint density at radius 3 is 3.05 bits per heavy atom. The molecule has 19 heavy (non-hydrogen) atoms. The van der Waals surface area contributed by atoms with Crippen LogP contribution in [0.25, 0.3) is 0 Å². The van der Waals surface area contributed by atoms with Gasteiger partial charge in [0.2, 0.25) is 0 Å². The Bertz CT molecular complexity index is 553. The number of aromatic nitrogens is 2. The van der Waals surface area contributed by atoms with Gasteiger partial charge in [0.15, 0.2) is 0 Å². The first-order valence-corrected chi connectivity index (χ1v) is 6.63. The Labute approximate surface area is 113 Å². The highest BCUT2D eigenvalue weighted by Crippen LogP contribution is 2.27. The van der Waals surface area contributed by atoms with Gasteiger partial charge >= 0.3 is 0 Å². The smallest absolute Gasteiger partial charge is 0.0769 e. The van der Waals surface area contributed by atoms with Crippen LogP contribution < -0.4 is 10.2 Å². The molecule has 1 aromatic heterocycles. The van der Waals surface area contributed by atoms with Crippen molar-refractivity contribution in [2.45, 2.75) is 19.5 Å². The van der Waals surface area contributed by atoms with Crippen molar-refractivity contribution in [1.29, 1.82) is 0 Å². The lowest BCUT2D eigenvalue weighted by molar-refractivity contribution is 0.670. The molecule has 3 rings (SSSR count). The molecule has 0 spiro atoms. The minimum Gasteiger partial charge on any atom is -0.374 e. The predicted octanol–water partition coefficient (Wildman–Crippen LogP) is 1.76. The number of likely N-dealkylation sites (N-methyl/N-ethyl adjacent to an activating group) is 1. The molecule has 0 fully saturated rings. The van der Waals surface area contributed by atoms with Crippen molar-refractivity contribution in [3.8, 4) is 0 Å². The summed E-state index contributed by atoms with van der Waals surface area (Å²) in [5, 5.41) is 11.3. The Morgan fingerprint density at radius 2 is 2.21 bits per heavy atom. The quantitative estimate of drug-likeness (QED) is 0.902. The second-order valence-electron chi connectivity index (χ2n) is 4.95. The number of rotatable bonds is 4. The lowest BCUT2D eigenvalue weighted by atomic mass is 10.1. The van der Waals surface area contributed by atoms with E-state index in [1.807, 2.05) is 12.1 Å². The van der Waals surface area contributed by atoms with Gasteiger partial charge in [-0.05, 0) is 35.7 Å². The molecule has 4 heteroatoms. The van der Waals surface area contributed by atoms with E-state index in [9.17, 15) is 0 Å². The van der Waals surface area contributed by atoms with Crippen molar-refractivity contribution in [2.24, 2.45) is 0 Å². The first-order valence-electron chi connectivity index (χ1n) is 6.63. The Morgan fingerprint density at radius 1 is 1.26 bits per heavy atom. The molecule has 0 radical (unpaired) electrons. The number of hydrogen-bond donors (Lipinski definition) is 1. The van der Waals surface area contributed by atoms with E-state index >= 15 is 0 Å². The third-order valence-corrected chi connectivity index (χ3v) is 3.53. The SMILES string of the molecule is CN1CCc2cc(CNCc3cccnn3)ccc21. The maximum absolute atomic E-state index is 4.06. The van der Waals surface area contributed by atoms with Crippen LogP contribution in [0.15, 0.2) is 36.5 Å². The normalized spacial score (nSPS) is 13.6. The van der Waals surface area contributed by atoms with Crippen LogP contribution in [0.2, 0.25) is 0 Å². The number of hydrogen-bond acceptors (Lipinski definition) is 4. The largest absolute Gasteiger partial charge is 0.374 e. The van der Waals surface area contributed by atoms with E-state index < -0.39 is 0 Å². The molecular formula is C15H18N4. The van der Waals surface area contributed by atoms with E-state index in [0.29, 0.717) is 0 Å². The van der Waals surface area contributed by atoms with Crippen molar-refractivity contribution in [3.63, 3.8) is 0 Å². The van der Waals surface area contributed by atoms with Crippen LogP contribution in [0.5, 0.6) is 0 Å². The summed E-state index contributed by atoms with van der Waals surface area (Å²) in [7, 11) is 2.15. The van der Waals surface area contributed by atoms with E-state index in [2.05, 4.69) is 45.7 Å². The Balaban J connectivity index is 1.59. The van der Waals surface area contributed by atoms with Crippen LogP contribution >= 0.6 is 0 Å². The summed E-state index contributed by atoms with van der Waals surface area (Å²) >= 11 is 0. The molecule has 0 amide bonds. The van der Waals surface area contributed by atoms with Crippen molar-refractivity contribution in [2.75, 3.05) is 18.5 Å². The summed E-state index contributed by atoms with van der Waals surface area (Å²) < 4.78 is 0. The van der Waals surface area contributed by atoms with E-state index in [4.69, 9.17) is 0 Å². The number of benzene rings is 1. The molecule has 0 saturated heterocycles. The third kappa shape index (κ3) is 2.74. The second kappa shape index (κ2) is 5.36. The zero-order valence-corrected chi connectivity index (χ0v) is 11.1. The number of fused-ring (bicyclic) bond motifs is 1. The van der Waals surface area contributed by atoms with Gasteiger partial charge in [-0.25, -0.2) is 0 Å². The van der Waals surface area contributed by atoms with Crippen LogP contribution in [0.1, 0.15) is 16.8 Å². The first-order chi connectivity index (χ1) is 9.33. The van der Waals surface area contributed by atoms with Gasteiger partial charge in [-0.2, -0.15) is 10.2 Å². The molecule has 4 nitrogen and oxygen atoms in total. The summed E-state index contributed by atoms with van der Waals surface area (Å²) in [6.07, 6.45) is 2.85. The monoisotopic (exact) mass is 254 g/mol. The van der Waals surface area contributed by atoms with Crippen LogP contribution in [0.4, 0.5) is 5.69 Å². The summed E-state index contributed by atoms with van der Waals surface area (Å²) in [5.41, 5.74) is 5.14. The minimum absolute atomic E-state index is 0.755. The fraction of sp³-hybridized carbons (Fsp3) is 0.333. The number of anilines is 1. The molecule has 1 aliphatic heterocycles. The predicted molar refractivity (Wildman–Crippen MR) is 76.0 cm³/mol. The van der Waals surface area contributed by atoms with Gasteiger partial charge in [0.25, 0.3) is 0 Å². The van der Waals surface area contributed by atoms with Gasteiger partial charge < -0.3 is 10.2 Å². The molecule has 1 N–H and O–H groups in total. The molecule has 0 unspecified atom stereocenters. The van der Waals surface area contributed by atoms with Gasteiger partial charge in [-0.15, -0.1) is 0 Å². The molecule has 2 aromatic rings. The summed E-state index contributed by atoms with van der Waals surface area (Å²) in [4.78, 5) is 2.31. The highest BCUT2D eigenvalue weighted by atomic mass is 15.1. The van der Waals surface area contributed by atoms with E-state index in [1.165, 1.54) is 16.8 Å². The zero-order valence-electron chi connectivity index (χ0n) is 11.1. The minimum atomic E-state index is 0.755. The lowest BCUT2D eigenvalue weighted by Gasteiger charge is -2.12. The highest BCUT2D eigenvalue weighted by Gasteiger charge is 2.15. The summed E-state index contributed by atoms with van der Waals surface area (Å²) in [6, 6.07) is 10.6. The van der Waals surface area contributed by atoms with Crippen molar-refractivity contribution >= 4 is 5.69 Å². The zero-order chi connectivity index (χ0) is 13.1. The van der Waals surface area contributed by atoms with Crippen molar-refractivity contribution < 1.29 is 0 Å². The molecule has 0 bridgehead atoms. The summed E-state index contributed by atoms with van der Waals surface area (Å²) in [6.45, 7) is 2.75. The maximum Gasteiger partial charge on any atom is 0.0769 e. The average Bonchev–Trinajstić information content (AvgIpc) is 2.81. The average molecular weight is 254 g/mol.